The molecule has 1 aliphatic carbocycles. The maximum Gasteiger partial charge on any atom is 0.322 e. The quantitative estimate of drug-likeness (QED) is 0.732. The van der Waals surface area contributed by atoms with Crippen molar-refractivity contribution in [2.75, 3.05) is 25.0 Å². The molecule has 6 nitrogen and oxygen atoms in total. The molecule has 164 valence electrons. The van der Waals surface area contributed by atoms with E-state index in [1.54, 1.807) is 4.90 Å². The molecule has 1 saturated carbocycles. The van der Waals surface area contributed by atoms with Gasteiger partial charge < -0.3 is 20.2 Å². The lowest BCUT2D eigenvalue weighted by Crippen LogP contribution is -2.73. The lowest BCUT2D eigenvalue weighted by molar-refractivity contribution is -0.159. The van der Waals surface area contributed by atoms with Crippen molar-refractivity contribution >= 4 is 17.6 Å². The number of aliphatic hydroxyl groups is 1. The zero-order valence-corrected chi connectivity index (χ0v) is 17.5. The number of piperazine rings is 1. The molecule has 5 rings (SSSR count). The summed E-state index contributed by atoms with van der Waals surface area (Å²) in [5.41, 5.74) is 2.45. The summed E-state index contributed by atoms with van der Waals surface area (Å²) in [6.07, 6.45) is 2.37. The molecule has 0 aromatic heterocycles. The predicted octanol–water partition coefficient (Wildman–Crippen LogP) is 2.79. The van der Waals surface area contributed by atoms with Crippen LogP contribution in [0.25, 0.3) is 0 Å². The monoisotopic (exact) mass is 433 g/mol. The number of anilines is 1. The Kier molecular flexibility index (Phi) is 5.32. The highest BCUT2D eigenvalue weighted by atomic mass is 19.1. The number of halogens is 1. The van der Waals surface area contributed by atoms with Gasteiger partial charge in [-0.15, -0.1) is 0 Å². The zero-order chi connectivity index (χ0) is 22.2. The summed E-state index contributed by atoms with van der Waals surface area (Å²) in [6.45, 7) is 0.184. The molecule has 2 aromatic carbocycles. The molecule has 3 amide bonds. The van der Waals surface area contributed by atoms with E-state index in [0.29, 0.717) is 18.2 Å². The molecular formula is C25H24FN3O3. The van der Waals surface area contributed by atoms with E-state index in [1.807, 2.05) is 24.3 Å². The molecule has 3 aliphatic rings. The van der Waals surface area contributed by atoms with Crippen LogP contribution in [0.5, 0.6) is 0 Å². The van der Waals surface area contributed by atoms with Crippen molar-refractivity contribution in [3.63, 3.8) is 0 Å². The normalized spacial score (nSPS) is 24.2. The molecule has 32 heavy (non-hydrogen) atoms. The molecule has 0 spiro atoms. The van der Waals surface area contributed by atoms with Crippen LogP contribution >= 0.6 is 0 Å². The molecule has 2 heterocycles. The standard InChI is InChI=1S/C25H24FN3O3/c26-19-9-11-20(12-10-19)27-25(32)28-13-21-24(22(15-30)29(21)23(31)14-28)18-7-5-17(6-8-18)4-3-16-1-2-16/h5-12,16,21-22,24,30H,1-2,13-15H2,(H,27,32)/t21-,22-,24+/m0/s1. The topological polar surface area (TPSA) is 72.9 Å². The Morgan fingerprint density at radius 3 is 2.50 bits per heavy atom. The molecule has 2 aliphatic heterocycles. The minimum atomic E-state index is -0.401. The number of amides is 3. The highest BCUT2D eigenvalue weighted by molar-refractivity contribution is 5.93. The number of carbonyl (C=O) groups excluding carboxylic acids is 2. The summed E-state index contributed by atoms with van der Waals surface area (Å²) < 4.78 is 13.1. The molecular weight excluding hydrogens is 409 g/mol. The van der Waals surface area contributed by atoms with Gasteiger partial charge in [0.2, 0.25) is 5.91 Å². The number of nitrogens with one attached hydrogen (secondary N) is 1. The Hall–Kier alpha value is -3.37. The van der Waals surface area contributed by atoms with Gasteiger partial charge in [0.05, 0.1) is 18.7 Å². The second kappa shape index (κ2) is 8.29. The second-order valence-corrected chi connectivity index (χ2v) is 8.63. The molecule has 3 fully saturated rings. The number of carbonyl (C=O) groups is 2. The van der Waals surface area contributed by atoms with Crippen LogP contribution in [-0.4, -0.2) is 58.6 Å². The molecule has 7 heteroatoms. The largest absolute Gasteiger partial charge is 0.394 e. The third-order valence-corrected chi connectivity index (χ3v) is 6.43. The number of nitrogens with zero attached hydrogens (tertiary/aromatic N) is 2. The van der Waals surface area contributed by atoms with Crippen molar-refractivity contribution in [1.29, 1.82) is 0 Å². The van der Waals surface area contributed by atoms with Gasteiger partial charge in [0.1, 0.15) is 12.4 Å². The number of hydrogen-bond donors (Lipinski definition) is 2. The molecule has 0 unspecified atom stereocenters. The minimum absolute atomic E-state index is 0.0531. The van der Waals surface area contributed by atoms with E-state index in [-0.39, 0.29) is 42.9 Å². The lowest BCUT2D eigenvalue weighted by Gasteiger charge is -2.58. The molecule has 0 bridgehead atoms. The van der Waals surface area contributed by atoms with Crippen LogP contribution in [0, 0.1) is 23.6 Å². The van der Waals surface area contributed by atoms with Crippen LogP contribution in [0.3, 0.4) is 0 Å². The summed E-state index contributed by atoms with van der Waals surface area (Å²) in [4.78, 5) is 28.7. The number of fused-ring (bicyclic) bond motifs is 1. The van der Waals surface area contributed by atoms with Gasteiger partial charge in [0.15, 0.2) is 0 Å². The number of aliphatic hydroxyl groups excluding tert-OH is 1. The van der Waals surface area contributed by atoms with Crippen LogP contribution in [0.1, 0.15) is 29.9 Å². The van der Waals surface area contributed by atoms with Crippen molar-refractivity contribution in [3.05, 3.63) is 65.5 Å². The van der Waals surface area contributed by atoms with Crippen molar-refractivity contribution < 1.29 is 19.1 Å². The van der Waals surface area contributed by atoms with Crippen molar-refractivity contribution in [1.82, 2.24) is 9.80 Å². The summed E-state index contributed by atoms with van der Waals surface area (Å²) in [6, 6.07) is 12.6. The number of benzene rings is 2. The number of rotatable bonds is 3. The van der Waals surface area contributed by atoms with Gasteiger partial charge in [0.25, 0.3) is 0 Å². The number of urea groups is 1. The fraction of sp³-hybridized carbons (Fsp3) is 0.360. The van der Waals surface area contributed by atoms with Gasteiger partial charge in [0, 0.05) is 29.6 Å². The highest BCUT2D eigenvalue weighted by Gasteiger charge is 2.54. The van der Waals surface area contributed by atoms with Crippen molar-refractivity contribution in [2.24, 2.45) is 5.92 Å². The first kappa shape index (κ1) is 20.5. The molecule has 2 aromatic rings. The van der Waals surface area contributed by atoms with E-state index >= 15 is 0 Å². The third-order valence-electron chi connectivity index (χ3n) is 6.43. The van der Waals surface area contributed by atoms with Crippen LogP contribution in [-0.2, 0) is 4.79 Å². The van der Waals surface area contributed by atoms with Crippen LogP contribution in [0.4, 0.5) is 14.9 Å². The average Bonchev–Trinajstić information content (AvgIpc) is 3.60. The van der Waals surface area contributed by atoms with Crippen LogP contribution in [0.2, 0.25) is 0 Å². The Labute approximate surface area is 186 Å². The number of hydrogen-bond acceptors (Lipinski definition) is 3. The molecule has 0 radical (unpaired) electrons. The molecule has 2 N–H and O–H groups in total. The molecule has 2 saturated heterocycles. The van der Waals surface area contributed by atoms with E-state index in [0.717, 1.165) is 11.1 Å². The highest BCUT2D eigenvalue weighted by Crippen LogP contribution is 2.43. The van der Waals surface area contributed by atoms with Gasteiger partial charge in [-0.3, -0.25) is 4.79 Å². The molecule has 3 atom stereocenters. The fourth-order valence-electron chi connectivity index (χ4n) is 4.59. The fourth-order valence-corrected chi connectivity index (χ4v) is 4.59. The van der Waals surface area contributed by atoms with Gasteiger partial charge in [-0.25, -0.2) is 9.18 Å². The maximum absolute atomic E-state index is 13.1. The summed E-state index contributed by atoms with van der Waals surface area (Å²) in [5, 5.41) is 12.7. The van der Waals surface area contributed by atoms with Crippen LogP contribution < -0.4 is 5.32 Å². The SMILES string of the molecule is O=C(Nc1ccc(F)cc1)N1CC(=O)N2[C@@H](CO)[C@H](c3ccc(C#CC4CC4)cc3)[C@@H]2C1. The lowest BCUT2D eigenvalue weighted by atomic mass is 9.73. The van der Waals surface area contributed by atoms with Gasteiger partial charge in [-0.05, 0) is 54.8 Å². The summed E-state index contributed by atoms with van der Waals surface area (Å²) in [5.74, 6) is 6.35. The Bertz CT molecular complexity index is 1090. The first-order valence-electron chi connectivity index (χ1n) is 10.9. The van der Waals surface area contributed by atoms with E-state index in [2.05, 4.69) is 17.2 Å². The first-order valence-corrected chi connectivity index (χ1v) is 10.9. The van der Waals surface area contributed by atoms with Crippen molar-refractivity contribution in [3.8, 4) is 11.8 Å². The zero-order valence-electron chi connectivity index (χ0n) is 17.5. The van der Waals surface area contributed by atoms with E-state index in [9.17, 15) is 19.1 Å². The minimum Gasteiger partial charge on any atom is -0.394 e. The van der Waals surface area contributed by atoms with Gasteiger partial charge in [-0.2, -0.15) is 0 Å². The van der Waals surface area contributed by atoms with Gasteiger partial charge >= 0.3 is 6.03 Å². The maximum atomic E-state index is 13.1. The van der Waals surface area contributed by atoms with E-state index in [1.165, 1.54) is 42.0 Å². The van der Waals surface area contributed by atoms with E-state index < -0.39 is 6.03 Å². The van der Waals surface area contributed by atoms with Crippen molar-refractivity contribution in [2.45, 2.75) is 30.8 Å². The second-order valence-electron chi connectivity index (χ2n) is 8.63. The Balaban J connectivity index is 1.30. The predicted molar refractivity (Wildman–Crippen MR) is 117 cm³/mol. The van der Waals surface area contributed by atoms with Crippen LogP contribution in [0.15, 0.2) is 48.5 Å². The van der Waals surface area contributed by atoms with Gasteiger partial charge in [-0.1, -0.05) is 24.0 Å². The Morgan fingerprint density at radius 1 is 1.12 bits per heavy atom. The Morgan fingerprint density at radius 2 is 1.84 bits per heavy atom. The average molecular weight is 433 g/mol. The summed E-state index contributed by atoms with van der Waals surface area (Å²) in [7, 11) is 0. The van der Waals surface area contributed by atoms with E-state index in [4.69, 9.17) is 0 Å². The smallest absolute Gasteiger partial charge is 0.322 e. The third kappa shape index (κ3) is 3.94. The first-order chi connectivity index (χ1) is 15.5. The summed E-state index contributed by atoms with van der Waals surface area (Å²) >= 11 is 0.